The summed E-state index contributed by atoms with van der Waals surface area (Å²) in [5, 5.41) is 13.9. The van der Waals surface area contributed by atoms with Gasteiger partial charge in [0.15, 0.2) is 0 Å². The molecule has 92 valence electrons. The SMILES string of the molecule is Cc1cc(CNCCCNCC(C)C)n[nH]1. The molecular formula is C12H24N4. The molecule has 4 heteroatoms. The number of nitrogens with one attached hydrogen (secondary N) is 3. The first-order chi connectivity index (χ1) is 7.68. The Hall–Kier alpha value is -0.870. The zero-order valence-corrected chi connectivity index (χ0v) is 10.6. The number of H-pyrrole nitrogens is 1. The Morgan fingerprint density at radius 2 is 2.06 bits per heavy atom. The molecule has 0 unspecified atom stereocenters. The fraction of sp³-hybridized carbons (Fsp3) is 0.750. The van der Waals surface area contributed by atoms with E-state index in [1.54, 1.807) is 0 Å². The van der Waals surface area contributed by atoms with E-state index in [2.05, 4.69) is 40.7 Å². The summed E-state index contributed by atoms with van der Waals surface area (Å²) in [5.41, 5.74) is 2.21. The van der Waals surface area contributed by atoms with Crippen LogP contribution >= 0.6 is 0 Å². The van der Waals surface area contributed by atoms with Crippen molar-refractivity contribution in [3.8, 4) is 0 Å². The summed E-state index contributed by atoms with van der Waals surface area (Å²) in [4.78, 5) is 0. The van der Waals surface area contributed by atoms with Crippen LogP contribution in [0.15, 0.2) is 6.07 Å². The van der Waals surface area contributed by atoms with Gasteiger partial charge in [0.05, 0.1) is 5.69 Å². The largest absolute Gasteiger partial charge is 0.316 e. The van der Waals surface area contributed by atoms with Crippen molar-refractivity contribution in [2.75, 3.05) is 19.6 Å². The first-order valence-electron chi connectivity index (χ1n) is 6.11. The Bertz CT molecular complexity index is 280. The summed E-state index contributed by atoms with van der Waals surface area (Å²) in [6.07, 6.45) is 1.16. The van der Waals surface area contributed by atoms with Gasteiger partial charge in [0.25, 0.3) is 0 Å². The zero-order valence-electron chi connectivity index (χ0n) is 10.6. The summed E-state index contributed by atoms with van der Waals surface area (Å²) < 4.78 is 0. The van der Waals surface area contributed by atoms with E-state index in [1.807, 2.05) is 6.92 Å². The summed E-state index contributed by atoms with van der Waals surface area (Å²) in [6, 6.07) is 2.07. The molecule has 0 spiro atoms. The van der Waals surface area contributed by atoms with Crippen LogP contribution in [0.3, 0.4) is 0 Å². The highest BCUT2D eigenvalue weighted by atomic mass is 15.1. The predicted molar refractivity (Wildman–Crippen MR) is 67.4 cm³/mol. The molecule has 0 amide bonds. The Morgan fingerprint density at radius 1 is 1.31 bits per heavy atom. The molecule has 0 aliphatic heterocycles. The first-order valence-corrected chi connectivity index (χ1v) is 6.11. The van der Waals surface area contributed by atoms with Crippen molar-refractivity contribution >= 4 is 0 Å². The first kappa shape index (κ1) is 13.2. The van der Waals surface area contributed by atoms with Gasteiger partial charge in [-0.2, -0.15) is 5.10 Å². The lowest BCUT2D eigenvalue weighted by molar-refractivity contribution is 0.529. The molecular weight excluding hydrogens is 200 g/mol. The monoisotopic (exact) mass is 224 g/mol. The van der Waals surface area contributed by atoms with Crippen molar-refractivity contribution in [2.24, 2.45) is 5.92 Å². The van der Waals surface area contributed by atoms with Gasteiger partial charge >= 0.3 is 0 Å². The van der Waals surface area contributed by atoms with Gasteiger partial charge in [0.1, 0.15) is 0 Å². The minimum absolute atomic E-state index is 0.736. The summed E-state index contributed by atoms with van der Waals surface area (Å²) in [7, 11) is 0. The number of hydrogen-bond donors (Lipinski definition) is 3. The molecule has 0 aliphatic carbocycles. The highest BCUT2D eigenvalue weighted by Gasteiger charge is 1.96. The lowest BCUT2D eigenvalue weighted by atomic mass is 10.2. The van der Waals surface area contributed by atoms with Crippen LogP contribution < -0.4 is 10.6 Å². The Kier molecular flexibility index (Phi) is 6.11. The molecule has 1 rings (SSSR count). The molecule has 0 aliphatic rings. The van der Waals surface area contributed by atoms with Crippen LogP contribution in [0.1, 0.15) is 31.7 Å². The standard InChI is InChI=1S/C12H24N4/c1-10(2)8-13-5-4-6-14-9-12-7-11(3)15-16-12/h7,10,13-14H,4-6,8-9H2,1-3H3,(H,15,16). The third-order valence-electron chi connectivity index (χ3n) is 2.32. The van der Waals surface area contributed by atoms with E-state index in [9.17, 15) is 0 Å². The Balaban J connectivity index is 1.92. The number of hydrogen-bond acceptors (Lipinski definition) is 3. The normalized spacial score (nSPS) is 11.2. The van der Waals surface area contributed by atoms with Crippen molar-refractivity contribution in [3.63, 3.8) is 0 Å². The molecule has 0 fully saturated rings. The number of rotatable bonds is 8. The summed E-state index contributed by atoms with van der Waals surface area (Å²) >= 11 is 0. The predicted octanol–water partition coefficient (Wildman–Crippen LogP) is 1.44. The lowest BCUT2D eigenvalue weighted by Gasteiger charge is -2.07. The second-order valence-electron chi connectivity index (χ2n) is 4.67. The average molecular weight is 224 g/mol. The third-order valence-corrected chi connectivity index (χ3v) is 2.32. The van der Waals surface area contributed by atoms with Crippen LogP contribution in [0, 0.1) is 12.8 Å². The van der Waals surface area contributed by atoms with Gasteiger partial charge in [0.2, 0.25) is 0 Å². The summed E-state index contributed by atoms with van der Waals surface area (Å²) in [5.74, 6) is 0.736. The molecule has 0 radical (unpaired) electrons. The number of aromatic nitrogens is 2. The van der Waals surface area contributed by atoms with Crippen molar-refractivity contribution in [2.45, 2.75) is 33.7 Å². The highest BCUT2D eigenvalue weighted by molar-refractivity contribution is 5.05. The van der Waals surface area contributed by atoms with Crippen LogP contribution in [-0.2, 0) is 6.54 Å². The molecule has 0 saturated carbocycles. The quantitative estimate of drug-likeness (QED) is 0.586. The van der Waals surface area contributed by atoms with Crippen molar-refractivity contribution < 1.29 is 0 Å². The molecule has 0 aromatic carbocycles. The molecule has 0 atom stereocenters. The molecule has 1 heterocycles. The van der Waals surface area contributed by atoms with E-state index in [4.69, 9.17) is 0 Å². The molecule has 0 bridgehead atoms. The van der Waals surface area contributed by atoms with Crippen molar-refractivity contribution in [1.29, 1.82) is 0 Å². The van der Waals surface area contributed by atoms with E-state index < -0.39 is 0 Å². The molecule has 0 saturated heterocycles. The van der Waals surface area contributed by atoms with E-state index in [0.717, 1.165) is 49.9 Å². The van der Waals surface area contributed by atoms with Crippen LogP contribution in [0.5, 0.6) is 0 Å². The van der Waals surface area contributed by atoms with Crippen LogP contribution in [0.4, 0.5) is 0 Å². The zero-order chi connectivity index (χ0) is 11.8. The van der Waals surface area contributed by atoms with Crippen LogP contribution in [0.25, 0.3) is 0 Å². The number of aryl methyl sites for hydroxylation is 1. The number of nitrogens with zero attached hydrogens (tertiary/aromatic N) is 1. The van der Waals surface area contributed by atoms with Crippen LogP contribution in [-0.4, -0.2) is 29.8 Å². The molecule has 1 aromatic heterocycles. The van der Waals surface area contributed by atoms with Gasteiger partial charge < -0.3 is 10.6 Å². The maximum atomic E-state index is 4.17. The lowest BCUT2D eigenvalue weighted by Crippen LogP contribution is -2.24. The van der Waals surface area contributed by atoms with E-state index in [-0.39, 0.29) is 0 Å². The molecule has 4 nitrogen and oxygen atoms in total. The second kappa shape index (κ2) is 7.41. The Morgan fingerprint density at radius 3 is 2.69 bits per heavy atom. The minimum Gasteiger partial charge on any atom is -0.316 e. The average Bonchev–Trinajstić information content (AvgIpc) is 2.62. The maximum absolute atomic E-state index is 4.17. The minimum atomic E-state index is 0.736. The van der Waals surface area contributed by atoms with Crippen molar-refractivity contribution in [3.05, 3.63) is 17.5 Å². The molecule has 3 N–H and O–H groups in total. The van der Waals surface area contributed by atoms with Crippen LogP contribution in [0.2, 0.25) is 0 Å². The fourth-order valence-electron chi connectivity index (χ4n) is 1.51. The molecule has 1 aromatic rings. The third kappa shape index (κ3) is 5.88. The maximum Gasteiger partial charge on any atom is 0.0762 e. The fourth-order valence-corrected chi connectivity index (χ4v) is 1.51. The van der Waals surface area contributed by atoms with Crippen molar-refractivity contribution in [1.82, 2.24) is 20.8 Å². The van der Waals surface area contributed by atoms with Gasteiger partial charge in [-0.3, -0.25) is 5.10 Å². The van der Waals surface area contributed by atoms with E-state index >= 15 is 0 Å². The van der Waals surface area contributed by atoms with E-state index in [1.165, 1.54) is 0 Å². The van der Waals surface area contributed by atoms with Gasteiger partial charge in [-0.25, -0.2) is 0 Å². The number of aromatic amines is 1. The summed E-state index contributed by atoms with van der Waals surface area (Å²) in [6.45, 7) is 10.6. The Labute approximate surface area is 98.2 Å². The highest BCUT2D eigenvalue weighted by Crippen LogP contribution is 1.96. The van der Waals surface area contributed by atoms with Gasteiger partial charge in [-0.15, -0.1) is 0 Å². The smallest absolute Gasteiger partial charge is 0.0762 e. The van der Waals surface area contributed by atoms with Gasteiger partial charge in [-0.1, -0.05) is 13.8 Å². The van der Waals surface area contributed by atoms with Gasteiger partial charge in [0, 0.05) is 12.2 Å². The topological polar surface area (TPSA) is 52.7 Å². The second-order valence-corrected chi connectivity index (χ2v) is 4.67. The van der Waals surface area contributed by atoms with Gasteiger partial charge in [-0.05, 0) is 45.0 Å². The van der Waals surface area contributed by atoms with E-state index in [0.29, 0.717) is 0 Å². The molecule has 16 heavy (non-hydrogen) atoms.